The minimum atomic E-state index is -0.187. The normalized spacial score (nSPS) is 16.7. The molecule has 2 saturated heterocycles. The molecule has 2 aliphatic heterocycles. The van der Waals surface area contributed by atoms with Crippen LogP contribution in [0.3, 0.4) is 0 Å². The van der Waals surface area contributed by atoms with Crippen LogP contribution < -0.4 is 20.1 Å². The first-order chi connectivity index (χ1) is 18.7. The van der Waals surface area contributed by atoms with Gasteiger partial charge in [0.25, 0.3) is 0 Å². The zero-order chi connectivity index (χ0) is 26.0. The molecule has 0 spiro atoms. The van der Waals surface area contributed by atoms with Crippen LogP contribution >= 0.6 is 0 Å². The molecule has 2 fully saturated rings. The summed E-state index contributed by atoms with van der Waals surface area (Å²) >= 11 is 0. The van der Waals surface area contributed by atoms with E-state index in [0.29, 0.717) is 19.1 Å². The van der Waals surface area contributed by atoms with Crippen LogP contribution in [0.15, 0.2) is 60.7 Å². The fraction of sp³-hybridized carbons (Fsp3) is 0.452. The summed E-state index contributed by atoms with van der Waals surface area (Å²) in [6.45, 7) is 6.75. The average molecular weight is 518 g/mol. The van der Waals surface area contributed by atoms with Crippen LogP contribution in [0.25, 0.3) is 10.8 Å². The van der Waals surface area contributed by atoms with Gasteiger partial charge in [-0.2, -0.15) is 0 Å². The van der Waals surface area contributed by atoms with E-state index in [4.69, 9.17) is 14.2 Å². The van der Waals surface area contributed by atoms with Gasteiger partial charge in [0.15, 0.2) is 0 Å². The summed E-state index contributed by atoms with van der Waals surface area (Å²) in [6.07, 6.45) is 5.93. The van der Waals surface area contributed by atoms with Crippen molar-refractivity contribution in [2.75, 3.05) is 51.3 Å². The largest absolute Gasteiger partial charge is 0.492 e. The molecule has 0 unspecified atom stereocenters. The average Bonchev–Trinajstić information content (AvgIpc) is 2.97. The highest BCUT2D eigenvalue weighted by Crippen LogP contribution is 2.32. The Morgan fingerprint density at radius 1 is 0.895 bits per heavy atom. The van der Waals surface area contributed by atoms with E-state index >= 15 is 0 Å². The van der Waals surface area contributed by atoms with Crippen molar-refractivity contribution in [3.05, 3.63) is 66.2 Å². The number of hydrogen-bond acceptors (Lipinski definition) is 5. The first-order valence-electron chi connectivity index (χ1n) is 14.0. The van der Waals surface area contributed by atoms with E-state index in [1.807, 2.05) is 48.5 Å². The lowest BCUT2D eigenvalue weighted by Gasteiger charge is -2.26. The van der Waals surface area contributed by atoms with Crippen LogP contribution in [0, 0.1) is 5.92 Å². The van der Waals surface area contributed by atoms with E-state index in [1.165, 1.54) is 32.4 Å². The van der Waals surface area contributed by atoms with Crippen molar-refractivity contribution in [3.63, 3.8) is 0 Å². The number of ether oxygens (including phenoxy) is 3. The molecular formula is C31H39N3O4. The molecule has 0 saturated carbocycles. The molecule has 0 aromatic heterocycles. The van der Waals surface area contributed by atoms with Crippen LogP contribution in [0.1, 0.15) is 37.7 Å². The number of hydrogen-bond donors (Lipinski definition) is 2. The molecule has 0 aliphatic carbocycles. The van der Waals surface area contributed by atoms with E-state index in [2.05, 4.69) is 27.7 Å². The summed E-state index contributed by atoms with van der Waals surface area (Å²) in [5.41, 5.74) is 1.84. The molecule has 7 nitrogen and oxygen atoms in total. The minimum absolute atomic E-state index is 0.187. The van der Waals surface area contributed by atoms with Gasteiger partial charge in [-0.1, -0.05) is 42.8 Å². The first-order valence-corrected chi connectivity index (χ1v) is 14.0. The Morgan fingerprint density at radius 3 is 2.45 bits per heavy atom. The predicted octanol–water partition coefficient (Wildman–Crippen LogP) is 5.83. The zero-order valence-electron chi connectivity index (χ0n) is 22.1. The molecule has 0 bridgehead atoms. The number of rotatable bonds is 10. The fourth-order valence-electron chi connectivity index (χ4n) is 5.18. The van der Waals surface area contributed by atoms with Gasteiger partial charge in [0.1, 0.15) is 24.7 Å². The highest BCUT2D eigenvalue weighted by atomic mass is 16.5. The molecule has 0 atom stereocenters. The Labute approximate surface area is 225 Å². The lowest BCUT2D eigenvalue weighted by atomic mass is 10.0. The molecule has 0 radical (unpaired) electrons. The summed E-state index contributed by atoms with van der Waals surface area (Å²) in [6, 6.07) is 19.8. The number of fused-ring (bicyclic) bond motifs is 1. The molecule has 38 heavy (non-hydrogen) atoms. The van der Waals surface area contributed by atoms with Crippen molar-refractivity contribution in [2.24, 2.45) is 5.92 Å². The SMILES string of the molecule is O=C(NCC1CCOCC1)Nc1ccc(OCc2ccc(OCCN3CCCCC3)cc2)c2ccccc12. The van der Waals surface area contributed by atoms with Crippen molar-refractivity contribution in [2.45, 2.75) is 38.7 Å². The van der Waals surface area contributed by atoms with Gasteiger partial charge in [0.05, 0.1) is 5.69 Å². The maximum Gasteiger partial charge on any atom is 0.319 e. The Morgan fingerprint density at radius 2 is 1.66 bits per heavy atom. The molecule has 5 rings (SSSR count). The smallest absolute Gasteiger partial charge is 0.319 e. The van der Waals surface area contributed by atoms with Gasteiger partial charge in [0.2, 0.25) is 0 Å². The Balaban J connectivity index is 1.13. The van der Waals surface area contributed by atoms with E-state index in [-0.39, 0.29) is 6.03 Å². The maximum absolute atomic E-state index is 12.6. The van der Waals surface area contributed by atoms with Crippen LogP contribution in [-0.4, -0.2) is 56.9 Å². The summed E-state index contributed by atoms with van der Waals surface area (Å²) in [5, 5.41) is 7.94. The van der Waals surface area contributed by atoms with Crippen LogP contribution in [0.5, 0.6) is 11.5 Å². The number of likely N-dealkylation sites (tertiary alicyclic amines) is 1. The number of carbonyl (C=O) groups is 1. The number of benzene rings is 3. The van der Waals surface area contributed by atoms with Crippen molar-refractivity contribution in [3.8, 4) is 11.5 Å². The van der Waals surface area contributed by atoms with Crippen LogP contribution in [0.4, 0.5) is 10.5 Å². The lowest BCUT2D eigenvalue weighted by molar-refractivity contribution is 0.0671. The Hall–Kier alpha value is -3.29. The predicted molar refractivity (Wildman–Crippen MR) is 151 cm³/mol. The van der Waals surface area contributed by atoms with Crippen LogP contribution in [-0.2, 0) is 11.3 Å². The van der Waals surface area contributed by atoms with Gasteiger partial charge in [-0.25, -0.2) is 4.79 Å². The quantitative estimate of drug-likeness (QED) is 0.354. The van der Waals surface area contributed by atoms with Crippen LogP contribution in [0.2, 0.25) is 0 Å². The molecule has 3 aromatic rings. The molecule has 2 N–H and O–H groups in total. The second kappa shape index (κ2) is 13.5. The topological polar surface area (TPSA) is 72.1 Å². The van der Waals surface area contributed by atoms with Gasteiger partial charge < -0.3 is 24.8 Å². The molecule has 7 heteroatoms. The third-order valence-electron chi connectivity index (χ3n) is 7.47. The number of nitrogens with zero attached hydrogens (tertiary/aromatic N) is 1. The summed E-state index contributed by atoms with van der Waals surface area (Å²) < 4.78 is 17.6. The second-order valence-electron chi connectivity index (χ2n) is 10.2. The lowest BCUT2D eigenvalue weighted by Crippen LogP contribution is -2.35. The van der Waals surface area contributed by atoms with Crippen molar-refractivity contribution in [1.29, 1.82) is 0 Å². The number of anilines is 1. The standard InChI is InChI=1S/C31H39N3O4/c35-31(32-22-24-14-19-36-20-15-24)33-29-12-13-30(28-7-3-2-6-27(28)29)38-23-25-8-10-26(11-9-25)37-21-18-34-16-4-1-5-17-34/h2-3,6-13,24H,1,4-5,14-23H2,(H2,32,33,35). The third kappa shape index (κ3) is 7.39. The zero-order valence-corrected chi connectivity index (χ0v) is 22.1. The van der Waals surface area contributed by atoms with Crippen molar-refractivity contribution < 1.29 is 19.0 Å². The van der Waals surface area contributed by atoms with Gasteiger partial charge in [-0.05, 0) is 74.5 Å². The molecule has 2 heterocycles. The van der Waals surface area contributed by atoms with E-state index < -0.39 is 0 Å². The molecule has 2 aliphatic rings. The monoisotopic (exact) mass is 517 g/mol. The highest BCUT2D eigenvalue weighted by molar-refractivity contribution is 6.03. The number of amides is 2. The maximum atomic E-state index is 12.6. The van der Waals surface area contributed by atoms with Gasteiger partial charge >= 0.3 is 6.03 Å². The number of carbonyl (C=O) groups excluding carboxylic acids is 1. The van der Waals surface area contributed by atoms with E-state index in [0.717, 1.165) is 72.7 Å². The first kappa shape index (κ1) is 26.3. The summed E-state index contributed by atoms with van der Waals surface area (Å²) in [4.78, 5) is 15.1. The number of urea groups is 1. The third-order valence-corrected chi connectivity index (χ3v) is 7.47. The van der Waals surface area contributed by atoms with E-state index in [9.17, 15) is 4.79 Å². The van der Waals surface area contributed by atoms with Gasteiger partial charge in [-0.3, -0.25) is 4.90 Å². The molecular weight excluding hydrogens is 478 g/mol. The minimum Gasteiger partial charge on any atom is -0.492 e. The Kier molecular flexibility index (Phi) is 9.34. The van der Waals surface area contributed by atoms with Crippen molar-refractivity contribution >= 4 is 22.5 Å². The molecule has 202 valence electrons. The number of piperidine rings is 1. The highest BCUT2D eigenvalue weighted by Gasteiger charge is 2.15. The van der Waals surface area contributed by atoms with Gasteiger partial charge in [-0.15, -0.1) is 0 Å². The molecule has 3 aromatic carbocycles. The van der Waals surface area contributed by atoms with Gasteiger partial charge in [0, 0.05) is 37.1 Å². The van der Waals surface area contributed by atoms with E-state index in [1.54, 1.807) is 0 Å². The second-order valence-corrected chi connectivity index (χ2v) is 10.2. The number of nitrogens with one attached hydrogen (secondary N) is 2. The molecule has 2 amide bonds. The Bertz CT molecular complexity index is 1170. The summed E-state index contributed by atoms with van der Waals surface area (Å²) in [7, 11) is 0. The fourth-order valence-corrected chi connectivity index (χ4v) is 5.18. The summed E-state index contributed by atoms with van der Waals surface area (Å²) in [5.74, 6) is 2.15. The van der Waals surface area contributed by atoms with Crippen molar-refractivity contribution in [1.82, 2.24) is 10.2 Å².